The predicted octanol–water partition coefficient (Wildman–Crippen LogP) is 3.30. The van der Waals surface area contributed by atoms with E-state index in [0.29, 0.717) is 5.03 Å². The van der Waals surface area contributed by atoms with Crippen LogP contribution in [0.2, 0.25) is 0 Å². The average molecular weight is 302 g/mol. The first kappa shape index (κ1) is 16.2. The summed E-state index contributed by atoms with van der Waals surface area (Å²) >= 11 is 5.91. The van der Waals surface area contributed by atoms with Gasteiger partial charge in [0, 0.05) is 17.5 Å². The molecule has 0 amide bonds. The number of sulfonamides is 1. The van der Waals surface area contributed by atoms with Crippen molar-refractivity contribution in [2.24, 2.45) is 11.8 Å². The molecule has 0 saturated carbocycles. The fourth-order valence-corrected chi connectivity index (χ4v) is 3.10. The summed E-state index contributed by atoms with van der Waals surface area (Å²) in [5.74, 6) is 0.146. The Morgan fingerprint density at radius 3 is 2.26 bits per heavy atom. The average Bonchev–Trinajstić information content (AvgIpc) is 2.28. The Bertz CT molecular complexity index is 535. The first-order valence-corrected chi connectivity index (χ1v) is 8.01. The van der Waals surface area contributed by atoms with Gasteiger partial charge in [-0.25, -0.2) is 13.1 Å². The van der Waals surface area contributed by atoms with E-state index in [9.17, 15) is 8.42 Å². The lowest BCUT2D eigenvalue weighted by molar-refractivity contribution is 0.451. The van der Waals surface area contributed by atoms with Crippen LogP contribution in [0.25, 0.3) is 0 Å². The molecule has 0 aliphatic heterocycles. The minimum absolute atomic E-state index is 0.0816. The fraction of sp³-hybridized carbons (Fsp3) is 0.429. The van der Waals surface area contributed by atoms with Crippen LogP contribution in [-0.2, 0) is 10.0 Å². The highest BCUT2D eigenvalue weighted by Gasteiger charge is 2.20. The maximum Gasteiger partial charge on any atom is 0.240 e. The molecule has 0 spiro atoms. The van der Waals surface area contributed by atoms with Crippen LogP contribution >= 0.6 is 11.6 Å². The van der Waals surface area contributed by atoms with Crippen molar-refractivity contribution in [1.29, 1.82) is 0 Å². The van der Waals surface area contributed by atoms with Gasteiger partial charge in [0.25, 0.3) is 0 Å². The van der Waals surface area contributed by atoms with Crippen molar-refractivity contribution < 1.29 is 8.42 Å². The van der Waals surface area contributed by atoms with Crippen LogP contribution in [0.5, 0.6) is 0 Å². The van der Waals surface area contributed by atoms with Crippen molar-refractivity contribution in [1.82, 2.24) is 4.72 Å². The summed E-state index contributed by atoms with van der Waals surface area (Å²) in [5, 5.41) is 0.474. The number of hydrogen-bond donors (Lipinski definition) is 1. The Morgan fingerprint density at radius 1 is 1.32 bits per heavy atom. The monoisotopic (exact) mass is 301 g/mol. The van der Waals surface area contributed by atoms with Gasteiger partial charge in [0.15, 0.2) is 0 Å². The number of halogens is 1. The molecular formula is C14H20ClNO2S. The molecule has 1 aromatic carbocycles. The second kappa shape index (κ2) is 6.55. The molecule has 106 valence electrons. The summed E-state index contributed by atoms with van der Waals surface area (Å²) in [6, 6.07) is 6.74. The van der Waals surface area contributed by atoms with Crippen LogP contribution in [0.3, 0.4) is 0 Å². The Labute approximate surface area is 120 Å². The van der Waals surface area contributed by atoms with Crippen molar-refractivity contribution in [3.63, 3.8) is 0 Å². The van der Waals surface area contributed by atoms with Gasteiger partial charge in [-0.1, -0.05) is 49.7 Å². The van der Waals surface area contributed by atoms with Crippen LogP contribution in [-0.4, -0.2) is 15.0 Å². The smallest absolute Gasteiger partial charge is 0.210 e. The normalized spacial score (nSPS) is 13.5. The highest BCUT2D eigenvalue weighted by atomic mass is 35.5. The van der Waals surface area contributed by atoms with Gasteiger partial charge in [0.05, 0.1) is 4.90 Å². The topological polar surface area (TPSA) is 46.2 Å². The van der Waals surface area contributed by atoms with Gasteiger partial charge in [-0.15, -0.1) is 0 Å². The van der Waals surface area contributed by atoms with Crippen LogP contribution in [0, 0.1) is 18.8 Å². The first-order chi connectivity index (χ1) is 8.74. The van der Waals surface area contributed by atoms with Crippen molar-refractivity contribution >= 4 is 21.6 Å². The van der Waals surface area contributed by atoms with E-state index in [-0.39, 0.29) is 23.3 Å². The number of aryl methyl sites for hydroxylation is 1. The molecule has 0 fully saturated rings. The highest BCUT2D eigenvalue weighted by Crippen LogP contribution is 2.22. The third kappa shape index (κ3) is 4.64. The van der Waals surface area contributed by atoms with E-state index >= 15 is 0 Å². The third-order valence-corrected chi connectivity index (χ3v) is 4.75. The Kier molecular flexibility index (Phi) is 5.59. The van der Waals surface area contributed by atoms with E-state index in [1.165, 1.54) is 0 Å². The summed E-state index contributed by atoms with van der Waals surface area (Å²) in [5.41, 5.74) is 1.02. The van der Waals surface area contributed by atoms with Crippen LogP contribution in [0.15, 0.2) is 40.8 Å². The molecule has 5 heteroatoms. The van der Waals surface area contributed by atoms with Gasteiger partial charge in [-0.05, 0) is 25.0 Å². The molecule has 1 rings (SSSR count). The standard InChI is InChI=1S/C14H20ClNO2S/c1-10(2)14(12(4)15)9-16-19(17,18)13-7-5-11(3)6-8-13/h5-8,10,14,16H,4,9H2,1-3H3. The van der Waals surface area contributed by atoms with Crippen molar-refractivity contribution in [2.75, 3.05) is 6.54 Å². The van der Waals surface area contributed by atoms with Gasteiger partial charge in [0.2, 0.25) is 10.0 Å². The van der Waals surface area contributed by atoms with E-state index in [4.69, 9.17) is 11.6 Å². The minimum Gasteiger partial charge on any atom is -0.210 e. The molecule has 0 bridgehead atoms. The first-order valence-electron chi connectivity index (χ1n) is 6.14. The number of hydrogen-bond acceptors (Lipinski definition) is 2. The molecule has 1 atom stereocenters. The van der Waals surface area contributed by atoms with Crippen molar-refractivity contribution in [2.45, 2.75) is 25.7 Å². The molecule has 1 aromatic rings. The maximum atomic E-state index is 12.1. The van der Waals surface area contributed by atoms with Crippen molar-refractivity contribution in [3.8, 4) is 0 Å². The van der Waals surface area contributed by atoms with Crippen LogP contribution < -0.4 is 4.72 Å². The molecular weight excluding hydrogens is 282 g/mol. The fourth-order valence-electron chi connectivity index (χ4n) is 1.71. The van der Waals surface area contributed by atoms with Gasteiger partial charge >= 0.3 is 0 Å². The maximum absolute atomic E-state index is 12.1. The van der Waals surface area contributed by atoms with Crippen LogP contribution in [0.1, 0.15) is 19.4 Å². The minimum atomic E-state index is -3.49. The van der Waals surface area contributed by atoms with Crippen LogP contribution in [0.4, 0.5) is 0 Å². The SMILES string of the molecule is C=C(Cl)C(CNS(=O)(=O)c1ccc(C)cc1)C(C)C. The summed E-state index contributed by atoms with van der Waals surface area (Å²) in [4.78, 5) is 0.265. The zero-order valence-electron chi connectivity index (χ0n) is 11.5. The zero-order chi connectivity index (χ0) is 14.6. The molecule has 0 aliphatic rings. The van der Waals surface area contributed by atoms with Crippen molar-refractivity contribution in [3.05, 3.63) is 41.4 Å². The molecule has 1 N–H and O–H groups in total. The van der Waals surface area contributed by atoms with Gasteiger partial charge in [-0.3, -0.25) is 0 Å². The molecule has 3 nitrogen and oxygen atoms in total. The van der Waals surface area contributed by atoms with Gasteiger partial charge < -0.3 is 0 Å². The predicted molar refractivity (Wildman–Crippen MR) is 79.7 cm³/mol. The number of rotatable bonds is 6. The highest BCUT2D eigenvalue weighted by molar-refractivity contribution is 7.89. The molecule has 0 aliphatic carbocycles. The van der Waals surface area contributed by atoms with Gasteiger partial charge in [0.1, 0.15) is 0 Å². The zero-order valence-corrected chi connectivity index (χ0v) is 13.1. The quantitative estimate of drug-likeness (QED) is 0.876. The Morgan fingerprint density at radius 2 is 1.84 bits per heavy atom. The van der Waals surface area contributed by atoms with Gasteiger partial charge in [-0.2, -0.15) is 0 Å². The second-order valence-electron chi connectivity index (χ2n) is 4.96. The molecule has 0 aromatic heterocycles. The molecule has 0 saturated heterocycles. The summed E-state index contributed by atoms with van der Waals surface area (Å²) in [7, 11) is -3.49. The third-order valence-electron chi connectivity index (χ3n) is 3.03. The number of benzene rings is 1. The summed E-state index contributed by atoms with van der Waals surface area (Å²) in [6.45, 7) is 9.83. The summed E-state index contributed by atoms with van der Waals surface area (Å²) < 4.78 is 26.8. The van der Waals surface area contributed by atoms with E-state index in [1.807, 2.05) is 20.8 Å². The molecule has 1 unspecified atom stereocenters. The Balaban J connectivity index is 2.80. The molecule has 0 radical (unpaired) electrons. The number of nitrogens with one attached hydrogen (secondary N) is 1. The van der Waals surface area contributed by atoms with E-state index < -0.39 is 10.0 Å². The van der Waals surface area contributed by atoms with E-state index in [0.717, 1.165) is 5.56 Å². The lowest BCUT2D eigenvalue weighted by atomic mass is 9.96. The molecule has 0 heterocycles. The lowest BCUT2D eigenvalue weighted by Crippen LogP contribution is -2.31. The lowest BCUT2D eigenvalue weighted by Gasteiger charge is -2.20. The van der Waals surface area contributed by atoms with E-state index in [2.05, 4.69) is 11.3 Å². The molecule has 19 heavy (non-hydrogen) atoms. The largest absolute Gasteiger partial charge is 0.240 e. The Hall–Kier alpha value is -0.840. The van der Waals surface area contributed by atoms with E-state index in [1.54, 1.807) is 24.3 Å². The summed E-state index contributed by atoms with van der Waals surface area (Å²) in [6.07, 6.45) is 0. The second-order valence-corrected chi connectivity index (χ2v) is 7.21.